The lowest BCUT2D eigenvalue weighted by Gasteiger charge is -2.62. The van der Waals surface area contributed by atoms with E-state index in [9.17, 15) is 10.2 Å². The average molecular weight is 468 g/mol. The normalized spacial score (nSPS) is 45.6. The number of aliphatic hydroxyl groups is 2. The quantitative estimate of drug-likeness (QED) is 0.460. The summed E-state index contributed by atoms with van der Waals surface area (Å²) in [5.41, 5.74) is 1.34. The third kappa shape index (κ3) is 4.07. The van der Waals surface area contributed by atoms with Gasteiger partial charge >= 0.3 is 0 Å². The molecule has 3 nitrogen and oxygen atoms in total. The van der Waals surface area contributed by atoms with Crippen LogP contribution in [0.4, 0.5) is 0 Å². The summed E-state index contributed by atoms with van der Waals surface area (Å²) in [7, 11) is 0. The molecule has 1 aromatic rings. The molecule has 5 rings (SSSR count). The Kier molecular flexibility index (Phi) is 6.68. The smallest absolute Gasteiger partial charge is 0.0959 e. The summed E-state index contributed by atoms with van der Waals surface area (Å²) >= 11 is 0. The molecule has 1 heterocycles. The lowest BCUT2D eigenvalue weighted by Crippen LogP contribution is -2.56. The topological polar surface area (TPSA) is 53.4 Å². The van der Waals surface area contributed by atoms with Crippen molar-refractivity contribution in [2.75, 3.05) is 0 Å². The van der Waals surface area contributed by atoms with Crippen LogP contribution < -0.4 is 0 Å². The van der Waals surface area contributed by atoms with Crippen LogP contribution in [-0.2, 0) is 0 Å². The molecule has 0 saturated heterocycles. The second kappa shape index (κ2) is 9.18. The van der Waals surface area contributed by atoms with E-state index in [4.69, 9.17) is 0 Å². The summed E-state index contributed by atoms with van der Waals surface area (Å²) in [6, 6.07) is 5.84. The maximum atomic E-state index is 11.1. The van der Waals surface area contributed by atoms with Crippen LogP contribution >= 0.6 is 0 Å². The molecule has 0 bridgehead atoms. The molecule has 0 spiro atoms. The van der Waals surface area contributed by atoms with E-state index in [2.05, 4.69) is 32.7 Å². The number of aromatic nitrogens is 1. The highest BCUT2D eigenvalue weighted by Crippen LogP contribution is 2.69. The molecule has 0 radical (unpaired) electrons. The Balaban J connectivity index is 1.25. The molecule has 2 N–H and O–H groups in total. The molecule has 0 aromatic carbocycles. The number of fused-ring (bicyclic) bond motifs is 5. The van der Waals surface area contributed by atoms with Crippen molar-refractivity contribution >= 4 is 0 Å². The minimum absolute atomic E-state index is 0.395. The van der Waals surface area contributed by atoms with Gasteiger partial charge in [-0.1, -0.05) is 33.8 Å². The SMILES string of the molecule is CC[C@]1(O)CC[C@@]2(C)[C@@H](CC[C@@H]3[C@@H]2CC[C@]2(C)[C@@H](C(C)CC[C@@H](O)c4ccccn4)CC[C@@H]32)C1. The van der Waals surface area contributed by atoms with Gasteiger partial charge < -0.3 is 10.2 Å². The van der Waals surface area contributed by atoms with Gasteiger partial charge in [-0.2, -0.15) is 0 Å². The first-order chi connectivity index (χ1) is 16.2. The zero-order valence-corrected chi connectivity index (χ0v) is 22.2. The first kappa shape index (κ1) is 24.8. The van der Waals surface area contributed by atoms with E-state index in [1.165, 1.54) is 44.9 Å². The van der Waals surface area contributed by atoms with Gasteiger partial charge in [-0.25, -0.2) is 0 Å². The maximum Gasteiger partial charge on any atom is 0.0959 e. The van der Waals surface area contributed by atoms with Gasteiger partial charge in [0.25, 0.3) is 0 Å². The largest absolute Gasteiger partial charge is 0.390 e. The summed E-state index contributed by atoms with van der Waals surface area (Å²) in [5, 5.41) is 21.7. The molecule has 1 unspecified atom stereocenters. The van der Waals surface area contributed by atoms with Crippen molar-refractivity contribution in [3.05, 3.63) is 30.1 Å². The number of nitrogens with zero attached hydrogens (tertiary/aromatic N) is 1. The van der Waals surface area contributed by atoms with Crippen LogP contribution in [0.2, 0.25) is 0 Å². The van der Waals surface area contributed by atoms with Gasteiger partial charge in [0.1, 0.15) is 0 Å². The van der Waals surface area contributed by atoms with Crippen molar-refractivity contribution in [1.82, 2.24) is 4.98 Å². The zero-order chi connectivity index (χ0) is 24.1. The second-order valence-electron chi connectivity index (χ2n) is 13.5. The molecular weight excluding hydrogens is 418 g/mol. The molecule has 4 aliphatic rings. The van der Waals surface area contributed by atoms with E-state index in [0.717, 1.165) is 67.4 Å². The minimum Gasteiger partial charge on any atom is -0.390 e. The predicted molar refractivity (Wildman–Crippen MR) is 138 cm³/mol. The van der Waals surface area contributed by atoms with Crippen molar-refractivity contribution in [2.24, 2.45) is 46.3 Å². The molecule has 0 aliphatic heterocycles. The van der Waals surface area contributed by atoms with E-state index < -0.39 is 11.7 Å². The highest BCUT2D eigenvalue weighted by Gasteiger charge is 2.61. The summed E-state index contributed by atoms with van der Waals surface area (Å²) in [6.07, 6.45) is 15.8. The fraction of sp³-hybridized carbons (Fsp3) is 0.839. The molecule has 190 valence electrons. The number of aliphatic hydroxyl groups excluding tert-OH is 1. The third-order valence-corrected chi connectivity index (χ3v) is 12.2. The van der Waals surface area contributed by atoms with Crippen LogP contribution in [0.5, 0.6) is 0 Å². The van der Waals surface area contributed by atoms with E-state index in [1.807, 2.05) is 18.2 Å². The highest BCUT2D eigenvalue weighted by atomic mass is 16.3. The molecule has 4 saturated carbocycles. The fourth-order valence-corrected chi connectivity index (χ4v) is 9.96. The molecule has 4 fully saturated rings. The van der Waals surface area contributed by atoms with Crippen LogP contribution in [0.15, 0.2) is 24.4 Å². The van der Waals surface area contributed by atoms with Crippen molar-refractivity contribution in [3.63, 3.8) is 0 Å². The Hall–Kier alpha value is -0.930. The van der Waals surface area contributed by atoms with Crippen LogP contribution in [0.25, 0.3) is 0 Å². The van der Waals surface area contributed by atoms with Gasteiger partial charge in [-0.15, -0.1) is 0 Å². The molecule has 1 aromatic heterocycles. The van der Waals surface area contributed by atoms with Crippen molar-refractivity contribution < 1.29 is 10.2 Å². The van der Waals surface area contributed by atoms with Crippen LogP contribution in [-0.4, -0.2) is 20.8 Å². The monoisotopic (exact) mass is 467 g/mol. The highest BCUT2D eigenvalue weighted by molar-refractivity contribution is 5.11. The third-order valence-electron chi connectivity index (χ3n) is 12.2. The number of hydrogen-bond donors (Lipinski definition) is 2. The predicted octanol–water partition coefficient (Wildman–Crippen LogP) is 7.33. The summed E-state index contributed by atoms with van der Waals surface area (Å²) in [6.45, 7) is 9.89. The van der Waals surface area contributed by atoms with Gasteiger partial charge in [-0.05, 0) is 136 Å². The molecule has 34 heavy (non-hydrogen) atoms. The van der Waals surface area contributed by atoms with E-state index in [1.54, 1.807) is 6.20 Å². The molecule has 10 atom stereocenters. The van der Waals surface area contributed by atoms with Crippen LogP contribution in [0, 0.1) is 46.3 Å². The van der Waals surface area contributed by atoms with Gasteiger partial charge in [0.15, 0.2) is 0 Å². The Morgan fingerprint density at radius 1 is 0.971 bits per heavy atom. The van der Waals surface area contributed by atoms with Crippen LogP contribution in [0.3, 0.4) is 0 Å². The second-order valence-corrected chi connectivity index (χ2v) is 13.5. The Morgan fingerprint density at radius 3 is 2.50 bits per heavy atom. The lowest BCUT2D eigenvalue weighted by atomic mass is 9.43. The van der Waals surface area contributed by atoms with E-state index in [0.29, 0.717) is 16.7 Å². The summed E-state index contributed by atoms with van der Waals surface area (Å²) < 4.78 is 0. The minimum atomic E-state index is -0.437. The van der Waals surface area contributed by atoms with Crippen molar-refractivity contribution in [3.8, 4) is 0 Å². The molecular formula is C31H49NO2. The summed E-state index contributed by atoms with van der Waals surface area (Å²) in [4.78, 5) is 4.37. The first-order valence-electron chi connectivity index (χ1n) is 14.5. The van der Waals surface area contributed by atoms with Gasteiger partial charge in [0.05, 0.1) is 17.4 Å². The van der Waals surface area contributed by atoms with Crippen molar-refractivity contribution in [2.45, 2.75) is 116 Å². The van der Waals surface area contributed by atoms with Gasteiger partial charge in [0, 0.05) is 6.20 Å². The van der Waals surface area contributed by atoms with Gasteiger partial charge in [0.2, 0.25) is 0 Å². The van der Waals surface area contributed by atoms with E-state index >= 15 is 0 Å². The van der Waals surface area contributed by atoms with Crippen molar-refractivity contribution in [1.29, 1.82) is 0 Å². The Bertz CT molecular complexity index is 843. The number of rotatable bonds is 6. The molecule has 0 amide bonds. The first-order valence-corrected chi connectivity index (χ1v) is 14.5. The fourth-order valence-electron chi connectivity index (χ4n) is 9.96. The number of pyridine rings is 1. The zero-order valence-electron chi connectivity index (χ0n) is 22.2. The lowest BCUT2D eigenvalue weighted by molar-refractivity contribution is -0.152. The number of hydrogen-bond acceptors (Lipinski definition) is 3. The van der Waals surface area contributed by atoms with Gasteiger partial charge in [-0.3, -0.25) is 4.98 Å². The Labute approximate surface area is 208 Å². The standard InChI is InChI=1S/C31H49NO2/c1-5-31(34)18-17-29(3)22(20-31)10-11-23-25-13-12-24(30(25,4)16-15-26(23)29)21(2)9-14-28(33)27-8-6-7-19-32-27/h6-8,19,21-26,28,33-34H,5,9-18,20H2,1-4H3/t21?,22-,23-,24+,25-,26-,28+,29-,30+,31-/m0/s1. The Morgan fingerprint density at radius 2 is 1.76 bits per heavy atom. The summed E-state index contributed by atoms with van der Waals surface area (Å²) in [5.74, 6) is 4.81. The molecule has 4 aliphatic carbocycles. The average Bonchev–Trinajstić information content (AvgIpc) is 3.20. The van der Waals surface area contributed by atoms with E-state index in [-0.39, 0.29) is 0 Å². The maximum absolute atomic E-state index is 11.1. The molecule has 3 heteroatoms. The van der Waals surface area contributed by atoms with Crippen LogP contribution in [0.1, 0.15) is 117 Å².